The summed E-state index contributed by atoms with van der Waals surface area (Å²) in [7, 11) is 0. The fourth-order valence-corrected chi connectivity index (χ4v) is 0.829. The zero-order chi connectivity index (χ0) is 7.40. The third kappa shape index (κ3) is 1.74. The Bertz CT molecular complexity index is 193. The van der Waals surface area contributed by atoms with Crippen LogP contribution in [0.4, 0.5) is 0 Å². The monoisotopic (exact) mass is 136 g/mol. The molecular weight excluding hydrogens is 125 g/mol. The van der Waals surface area contributed by atoms with Crippen LogP contribution >= 0.6 is 0 Å². The Labute approximate surface area is 60.3 Å². The molecule has 3 N–H and O–H groups in total. The van der Waals surface area contributed by atoms with Crippen LogP contribution in [0.15, 0.2) is 24.3 Å². The SMILES string of the molecule is N[11CH2]Cc1ccc(O)cc1. The molecule has 0 aliphatic heterocycles. The molecule has 0 aliphatic rings. The fourth-order valence-electron chi connectivity index (χ4n) is 0.829. The second-order valence-corrected chi connectivity index (χ2v) is 2.21. The second kappa shape index (κ2) is 3.22. The number of phenolic OH excluding ortho intramolecular Hbond substituents is 1. The highest BCUT2D eigenvalue weighted by atomic mass is 16.3. The van der Waals surface area contributed by atoms with E-state index >= 15 is 0 Å². The molecule has 1 aromatic rings. The van der Waals surface area contributed by atoms with Crippen LogP contribution in [0.5, 0.6) is 5.75 Å². The van der Waals surface area contributed by atoms with Crippen LogP contribution in [0.25, 0.3) is 0 Å². The molecule has 0 radical (unpaired) electrons. The maximum Gasteiger partial charge on any atom is 0.115 e. The van der Waals surface area contributed by atoms with E-state index in [0.717, 1.165) is 6.42 Å². The Morgan fingerprint density at radius 3 is 2.30 bits per heavy atom. The Balaban J connectivity index is 2.69. The standard InChI is InChI=1S/C8H11NO/c9-6-5-7-1-3-8(10)4-2-7/h1-4,10H,5-6,9H2/i6-1. The van der Waals surface area contributed by atoms with Crippen molar-refractivity contribution >= 4 is 0 Å². The number of hydrogen-bond donors (Lipinski definition) is 2. The van der Waals surface area contributed by atoms with Crippen molar-refractivity contribution in [2.45, 2.75) is 6.42 Å². The summed E-state index contributed by atoms with van der Waals surface area (Å²) in [5.74, 6) is 0.306. The number of nitrogens with two attached hydrogens (primary N) is 1. The average molecular weight is 136 g/mol. The summed E-state index contributed by atoms with van der Waals surface area (Å²) in [6, 6.07) is 7.10. The minimum atomic E-state index is 0.306. The van der Waals surface area contributed by atoms with Gasteiger partial charge in [0.05, 0.1) is 0 Å². The van der Waals surface area contributed by atoms with E-state index in [1.807, 2.05) is 12.1 Å². The Kier molecular flexibility index (Phi) is 2.29. The summed E-state index contributed by atoms with van der Waals surface area (Å²) >= 11 is 0. The van der Waals surface area contributed by atoms with Gasteiger partial charge in [0, 0.05) is 0 Å². The first-order chi connectivity index (χ1) is 4.83. The summed E-state index contributed by atoms with van der Waals surface area (Å²) < 4.78 is 0. The highest BCUT2D eigenvalue weighted by Gasteiger charge is 1.89. The predicted molar refractivity (Wildman–Crippen MR) is 40.9 cm³/mol. The van der Waals surface area contributed by atoms with E-state index in [0.29, 0.717) is 12.3 Å². The molecule has 0 atom stereocenters. The third-order valence-electron chi connectivity index (χ3n) is 1.37. The number of rotatable bonds is 2. The van der Waals surface area contributed by atoms with Crippen molar-refractivity contribution in [3.05, 3.63) is 29.8 Å². The number of aromatic hydroxyl groups is 1. The summed E-state index contributed by atoms with van der Waals surface area (Å²) in [6.07, 6.45) is 0.875. The van der Waals surface area contributed by atoms with Crippen molar-refractivity contribution in [2.24, 2.45) is 5.73 Å². The van der Waals surface area contributed by atoms with Gasteiger partial charge in [-0.15, -0.1) is 0 Å². The van der Waals surface area contributed by atoms with E-state index in [9.17, 15) is 0 Å². The van der Waals surface area contributed by atoms with Crippen LogP contribution in [-0.4, -0.2) is 11.7 Å². The zero-order valence-corrected chi connectivity index (χ0v) is 5.75. The first kappa shape index (κ1) is 7.09. The van der Waals surface area contributed by atoms with Crippen LogP contribution < -0.4 is 5.73 Å². The van der Waals surface area contributed by atoms with Gasteiger partial charge in [0.15, 0.2) is 0 Å². The molecule has 0 aromatic heterocycles. The van der Waals surface area contributed by atoms with Crippen LogP contribution in [0, 0.1) is 0 Å². The molecule has 0 fully saturated rings. The molecule has 2 nitrogen and oxygen atoms in total. The average Bonchev–Trinajstić information content (AvgIpc) is 1.95. The van der Waals surface area contributed by atoms with Gasteiger partial charge in [-0.2, -0.15) is 0 Å². The molecule has 2 heteroatoms. The molecule has 0 saturated heterocycles. The predicted octanol–water partition coefficient (Wildman–Crippen LogP) is 0.893. The van der Waals surface area contributed by atoms with E-state index in [1.165, 1.54) is 5.56 Å². The molecular formula is C8H11NO. The molecule has 0 amide bonds. The molecule has 1 rings (SSSR count). The highest BCUT2D eigenvalue weighted by molar-refractivity contribution is 5.25. The lowest BCUT2D eigenvalue weighted by molar-refractivity contribution is 0.475. The van der Waals surface area contributed by atoms with Gasteiger partial charge in [0.25, 0.3) is 0 Å². The number of benzene rings is 1. The quantitative estimate of drug-likeness (QED) is 0.634. The largest absolute Gasteiger partial charge is 0.508 e. The van der Waals surface area contributed by atoms with Crippen molar-refractivity contribution in [1.29, 1.82) is 0 Å². The van der Waals surface area contributed by atoms with Crippen LogP contribution in [0.1, 0.15) is 5.56 Å². The molecule has 54 valence electrons. The smallest absolute Gasteiger partial charge is 0.115 e. The lowest BCUT2D eigenvalue weighted by Crippen LogP contribution is -2.01. The van der Waals surface area contributed by atoms with Crippen molar-refractivity contribution in [1.82, 2.24) is 0 Å². The summed E-state index contributed by atoms with van der Waals surface area (Å²) in [5, 5.41) is 8.89. The maximum atomic E-state index is 8.89. The van der Waals surface area contributed by atoms with Gasteiger partial charge in [-0.3, -0.25) is 0 Å². The Morgan fingerprint density at radius 2 is 1.80 bits per heavy atom. The van der Waals surface area contributed by atoms with E-state index in [4.69, 9.17) is 10.8 Å². The first-order valence-corrected chi connectivity index (χ1v) is 3.31. The minimum absolute atomic E-state index is 0.306. The molecule has 10 heavy (non-hydrogen) atoms. The molecule has 1 aromatic carbocycles. The summed E-state index contributed by atoms with van der Waals surface area (Å²) in [6.45, 7) is 0.658. The molecule has 0 spiro atoms. The van der Waals surface area contributed by atoms with Crippen LogP contribution in [0.2, 0.25) is 0 Å². The topological polar surface area (TPSA) is 46.2 Å². The normalized spacial score (nSPS) is 9.70. The van der Waals surface area contributed by atoms with Gasteiger partial charge in [-0.1, -0.05) is 12.1 Å². The number of phenols is 1. The van der Waals surface area contributed by atoms with Gasteiger partial charge in [0.1, 0.15) is 5.75 Å². The molecule has 0 saturated carbocycles. The minimum Gasteiger partial charge on any atom is -0.508 e. The van der Waals surface area contributed by atoms with Crippen molar-refractivity contribution in [3.63, 3.8) is 0 Å². The van der Waals surface area contributed by atoms with Gasteiger partial charge in [-0.05, 0) is 30.7 Å². The third-order valence-corrected chi connectivity index (χ3v) is 1.37. The summed E-state index contributed by atoms with van der Waals surface area (Å²) in [5.41, 5.74) is 6.50. The van der Waals surface area contributed by atoms with Gasteiger partial charge < -0.3 is 10.8 Å². The molecule has 0 aliphatic carbocycles. The van der Waals surface area contributed by atoms with Crippen molar-refractivity contribution < 1.29 is 5.11 Å². The fraction of sp³-hybridized carbons (Fsp3) is 0.250. The lowest BCUT2D eigenvalue weighted by Gasteiger charge is -1.96. The van der Waals surface area contributed by atoms with Gasteiger partial charge in [0.2, 0.25) is 0 Å². The van der Waals surface area contributed by atoms with Gasteiger partial charge in [-0.25, -0.2) is 0 Å². The van der Waals surface area contributed by atoms with Crippen LogP contribution in [0.3, 0.4) is 0 Å². The Morgan fingerprint density at radius 1 is 1.20 bits per heavy atom. The Hall–Kier alpha value is -1.02. The van der Waals surface area contributed by atoms with Crippen LogP contribution in [-0.2, 0) is 6.42 Å². The maximum absolute atomic E-state index is 8.89. The van der Waals surface area contributed by atoms with Gasteiger partial charge >= 0.3 is 0 Å². The summed E-state index contributed by atoms with van der Waals surface area (Å²) in [4.78, 5) is 0. The van der Waals surface area contributed by atoms with Crippen molar-refractivity contribution in [3.8, 4) is 5.75 Å². The number of hydrogen-bond acceptors (Lipinski definition) is 2. The van der Waals surface area contributed by atoms with E-state index in [-0.39, 0.29) is 0 Å². The second-order valence-electron chi connectivity index (χ2n) is 2.21. The van der Waals surface area contributed by atoms with E-state index in [2.05, 4.69) is 0 Å². The lowest BCUT2D eigenvalue weighted by atomic mass is 9.95. The highest BCUT2D eigenvalue weighted by Crippen LogP contribution is 2.09. The van der Waals surface area contributed by atoms with E-state index in [1.54, 1.807) is 12.1 Å². The molecule has 0 heterocycles. The zero-order valence-electron chi connectivity index (χ0n) is 5.75. The molecule has 0 unspecified atom stereocenters. The van der Waals surface area contributed by atoms with E-state index < -0.39 is 0 Å². The van der Waals surface area contributed by atoms with Crippen molar-refractivity contribution in [2.75, 3.05) is 6.54 Å². The first-order valence-electron chi connectivity index (χ1n) is 3.31. The molecule has 0 bridgehead atoms.